The maximum absolute atomic E-state index is 2.64. The highest BCUT2D eigenvalue weighted by molar-refractivity contribution is 5.57. The van der Waals surface area contributed by atoms with Gasteiger partial charge >= 0.3 is 0 Å². The molecule has 5 rings (SSSR count). The summed E-state index contributed by atoms with van der Waals surface area (Å²) in [7, 11) is 0. The summed E-state index contributed by atoms with van der Waals surface area (Å²) in [5.74, 6) is 1.74. The smallest absolute Gasteiger partial charge is 0.0348 e. The number of rotatable bonds is 5. The molecule has 0 spiro atoms. The maximum atomic E-state index is 2.64. The summed E-state index contributed by atoms with van der Waals surface area (Å²) in [5, 5.41) is 0. The number of hydrogen-bond donors (Lipinski definition) is 0. The van der Waals surface area contributed by atoms with E-state index in [9.17, 15) is 0 Å². The van der Waals surface area contributed by atoms with Crippen LogP contribution in [0.5, 0.6) is 0 Å². The second kappa shape index (κ2) is 11.2. The van der Waals surface area contributed by atoms with Crippen molar-refractivity contribution in [3.63, 3.8) is 0 Å². The number of benzene rings is 3. The van der Waals surface area contributed by atoms with Crippen molar-refractivity contribution in [2.24, 2.45) is 0 Å². The van der Waals surface area contributed by atoms with Gasteiger partial charge in [-0.3, -0.25) is 0 Å². The van der Waals surface area contributed by atoms with Crippen molar-refractivity contribution < 1.29 is 0 Å². The lowest BCUT2D eigenvalue weighted by atomic mass is 9.72. The van der Waals surface area contributed by atoms with Gasteiger partial charge in [-0.05, 0) is 135 Å². The summed E-state index contributed by atoms with van der Waals surface area (Å²) in [4.78, 5) is 0. The average molecular weight is 493 g/mol. The molecule has 0 saturated heterocycles. The molecule has 0 aliphatic heterocycles. The normalized spacial score (nSPS) is 18.2. The zero-order valence-electron chi connectivity index (χ0n) is 24.3. The largest absolute Gasteiger partial charge is 0.0590 e. The Hall–Kier alpha value is -2.34. The van der Waals surface area contributed by atoms with Crippen LogP contribution < -0.4 is 0 Å². The van der Waals surface area contributed by atoms with Crippen molar-refractivity contribution in [1.29, 1.82) is 0 Å². The summed E-state index contributed by atoms with van der Waals surface area (Å²) in [6.07, 6.45) is 13.8. The van der Waals surface area contributed by atoms with Crippen molar-refractivity contribution in [3.8, 4) is 0 Å². The molecular weight excluding hydrogens is 444 g/mol. The lowest BCUT2D eigenvalue weighted by molar-refractivity contribution is 0.440. The minimum absolute atomic E-state index is 0.284. The molecule has 2 aliphatic rings. The molecule has 2 saturated carbocycles. The van der Waals surface area contributed by atoms with Gasteiger partial charge in [0.2, 0.25) is 0 Å². The summed E-state index contributed by atoms with van der Waals surface area (Å²) < 4.78 is 0. The Morgan fingerprint density at radius 3 is 1.76 bits per heavy atom. The Kier molecular flexibility index (Phi) is 7.94. The minimum Gasteiger partial charge on any atom is -0.0590 e. The van der Waals surface area contributed by atoms with E-state index in [4.69, 9.17) is 0 Å². The Balaban J connectivity index is 1.72. The average Bonchev–Trinajstić information content (AvgIpc) is 2.89. The lowest BCUT2D eigenvalue weighted by Crippen LogP contribution is -2.16. The van der Waals surface area contributed by atoms with E-state index in [-0.39, 0.29) is 5.92 Å². The third kappa shape index (κ3) is 5.32. The summed E-state index contributed by atoms with van der Waals surface area (Å²) in [6.45, 7) is 14.1. The summed E-state index contributed by atoms with van der Waals surface area (Å²) in [6, 6.07) is 17.1. The highest BCUT2D eigenvalue weighted by atomic mass is 14.3. The fourth-order valence-corrected chi connectivity index (χ4v) is 7.99. The van der Waals surface area contributed by atoms with Crippen LogP contribution in [0.2, 0.25) is 0 Å². The van der Waals surface area contributed by atoms with Crippen LogP contribution in [0.3, 0.4) is 0 Å². The third-order valence-corrected chi connectivity index (χ3v) is 9.81. The molecule has 0 amide bonds. The SMILES string of the molecule is Cc1ccc(C(c2cc(C3CCCCC3)c(C)cc2C)c2c(C)cc(C)c(C3CCCCC3)c2C)cc1. The zero-order valence-corrected chi connectivity index (χ0v) is 24.3. The van der Waals surface area contributed by atoms with Crippen LogP contribution in [-0.2, 0) is 0 Å². The first-order chi connectivity index (χ1) is 17.8. The van der Waals surface area contributed by atoms with Gasteiger partial charge in [-0.15, -0.1) is 0 Å². The van der Waals surface area contributed by atoms with Gasteiger partial charge in [0, 0.05) is 5.92 Å². The molecule has 196 valence electrons. The van der Waals surface area contributed by atoms with Crippen molar-refractivity contribution in [1.82, 2.24) is 0 Å². The second-order valence-electron chi connectivity index (χ2n) is 12.5. The van der Waals surface area contributed by atoms with Crippen LogP contribution in [0.1, 0.15) is 143 Å². The van der Waals surface area contributed by atoms with Gasteiger partial charge in [0.05, 0.1) is 0 Å². The Bertz CT molecular complexity index is 1230. The molecule has 1 atom stereocenters. The van der Waals surface area contributed by atoms with E-state index in [2.05, 4.69) is 84.0 Å². The van der Waals surface area contributed by atoms with Crippen molar-refractivity contribution in [2.45, 2.75) is 124 Å². The molecule has 0 aromatic heterocycles. The fraction of sp³-hybridized carbons (Fsp3) is 0.514. The highest BCUT2D eigenvalue weighted by Crippen LogP contribution is 2.45. The van der Waals surface area contributed by atoms with Gasteiger partial charge in [0.25, 0.3) is 0 Å². The number of aryl methyl sites for hydroxylation is 5. The Morgan fingerprint density at radius 2 is 1.14 bits per heavy atom. The van der Waals surface area contributed by atoms with Crippen LogP contribution in [0.15, 0.2) is 42.5 Å². The molecule has 0 radical (unpaired) electrons. The van der Waals surface area contributed by atoms with Crippen molar-refractivity contribution in [3.05, 3.63) is 104 Å². The van der Waals surface area contributed by atoms with Gasteiger partial charge in [-0.2, -0.15) is 0 Å². The second-order valence-corrected chi connectivity index (χ2v) is 12.5. The molecular formula is C37H48. The first kappa shape index (κ1) is 26.3. The van der Waals surface area contributed by atoms with Crippen LogP contribution in [0, 0.1) is 41.5 Å². The monoisotopic (exact) mass is 492 g/mol. The van der Waals surface area contributed by atoms with Gasteiger partial charge in [-0.1, -0.05) is 86.6 Å². The predicted molar refractivity (Wildman–Crippen MR) is 160 cm³/mol. The summed E-state index contributed by atoms with van der Waals surface area (Å²) in [5.41, 5.74) is 16.6. The molecule has 0 heteroatoms. The maximum Gasteiger partial charge on any atom is 0.0348 e. The van der Waals surface area contributed by atoms with E-state index in [1.807, 2.05) is 0 Å². The van der Waals surface area contributed by atoms with Gasteiger partial charge in [0.15, 0.2) is 0 Å². The molecule has 37 heavy (non-hydrogen) atoms. The first-order valence-corrected chi connectivity index (χ1v) is 15.1. The van der Waals surface area contributed by atoms with Crippen molar-refractivity contribution >= 4 is 0 Å². The van der Waals surface area contributed by atoms with Crippen LogP contribution in [0.25, 0.3) is 0 Å². The minimum atomic E-state index is 0.284. The van der Waals surface area contributed by atoms with E-state index in [1.165, 1.54) is 103 Å². The lowest BCUT2D eigenvalue weighted by Gasteiger charge is -2.32. The van der Waals surface area contributed by atoms with E-state index in [0.29, 0.717) is 0 Å². The molecule has 3 aromatic carbocycles. The molecule has 2 aliphatic carbocycles. The van der Waals surface area contributed by atoms with Crippen LogP contribution in [0.4, 0.5) is 0 Å². The molecule has 1 unspecified atom stereocenters. The van der Waals surface area contributed by atoms with Crippen molar-refractivity contribution in [2.75, 3.05) is 0 Å². The Labute approximate surface area is 226 Å². The van der Waals surface area contributed by atoms with E-state index in [1.54, 1.807) is 22.3 Å². The molecule has 0 N–H and O–H groups in total. The fourth-order valence-electron chi connectivity index (χ4n) is 7.99. The topological polar surface area (TPSA) is 0 Å². The first-order valence-electron chi connectivity index (χ1n) is 15.1. The molecule has 2 fully saturated rings. The number of hydrogen-bond acceptors (Lipinski definition) is 0. The van der Waals surface area contributed by atoms with E-state index < -0.39 is 0 Å². The highest BCUT2D eigenvalue weighted by Gasteiger charge is 2.29. The predicted octanol–water partition coefficient (Wildman–Crippen LogP) is 10.8. The zero-order chi connectivity index (χ0) is 26.1. The van der Waals surface area contributed by atoms with Crippen LogP contribution in [-0.4, -0.2) is 0 Å². The third-order valence-electron chi connectivity index (χ3n) is 9.81. The molecule has 0 bridgehead atoms. The van der Waals surface area contributed by atoms with E-state index >= 15 is 0 Å². The standard InChI is InChI=1S/C37H48/c1-24-17-19-32(20-18-24)37(34-23-33(25(2)21-26(34)3)30-13-9-7-10-14-30)36-28(5)22-27(4)35(29(36)6)31-15-11-8-12-16-31/h17-23,30-31,37H,7-16H2,1-6H3. The Morgan fingerprint density at radius 1 is 0.568 bits per heavy atom. The van der Waals surface area contributed by atoms with Gasteiger partial charge < -0.3 is 0 Å². The quantitative estimate of drug-likeness (QED) is 0.311. The van der Waals surface area contributed by atoms with Gasteiger partial charge in [-0.25, -0.2) is 0 Å². The van der Waals surface area contributed by atoms with Crippen LogP contribution >= 0.6 is 0 Å². The molecule has 0 heterocycles. The molecule has 0 nitrogen and oxygen atoms in total. The molecule has 3 aromatic rings. The summed E-state index contributed by atoms with van der Waals surface area (Å²) >= 11 is 0. The van der Waals surface area contributed by atoms with Gasteiger partial charge in [0.1, 0.15) is 0 Å². The van der Waals surface area contributed by atoms with E-state index in [0.717, 1.165) is 11.8 Å².